The summed E-state index contributed by atoms with van der Waals surface area (Å²) in [7, 11) is 0. The molecule has 0 bridgehead atoms. The average molecular weight is 249 g/mol. The third-order valence-electron chi connectivity index (χ3n) is 3.84. The van der Waals surface area contributed by atoms with Crippen molar-refractivity contribution in [2.45, 2.75) is 42.0 Å². The van der Waals surface area contributed by atoms with Crippen LogP contribution in [0.5, 0.6) is 0 Å². The van der Waals surface area contributed by atoms with Crippen LogP contribution in [0.2, 0.25) is 0 Å². The van der Waals surface area contributed by atoms with E-state index in [2.05, 4.69) is 15.5 Å². The topological polar surface area (TPSA) is 55.1 Å². The molecule has 0 amide bonds. The Kier molecular flexibility index (Phi) is 2.26. The van der Waals surface area contributed by atoms with Crippen molar-refractivity contribution in [2.75, 3.05) is 13.1 Å². The molecule has 3 heterocycles. The van der Waals surface area contributed by atoms with Gasteiger partial charge in [-0.15, -0.1) is 10.2 Å². The van der Waals surface area contributed by atoms with Crippen LogP contribution in [0.25, 0.3) is 0 Å². The summed E-state index contributed by atoms with van der Waals surface area (Å²) in [5.41, 5.74) is 1.31. The minimum absolute atomic E-state index is 0.467. The van der Waals surface area contributed by atoms with Gasteiger partial charge in [0.05, 0.1) is 11.0 Å². The molecular formula is C11H15N5S. The lowest BCUT2D eigenvalue weighted by Crippen LogP contribution is -2.41. The highest BCUT2D eigenvalue weighted by molar-refractivity contribution is 8.00. The summed E-state index contributed by atoms with van der Waals surface area (Å²) in [4.78, 5) is 0. The molecule has 4 rings (SSSR count). The first-order chi connectivity index (χ1) is 8.42. The van der Waals surface area contributed by atoms with Crippen molar-refractivity contribution in [2.24, 2.45) is 5.10 Å². The van der Waals surface area contributed by atoms with Crippen molar-refractivity contribution < 1.29 is 0 Å². The van der Waals surface area contributed by atoms with Crippen molar-refractivity contribution in [1.82, 2.24) is 20.2 Å². The molecule has 0 radical (unpaired) electrons. The van der Waals surface area contributed by atoms with Gasteiger partial charge in [0.15, 0.2) is 5.82 Å². The van der Waals surface area contributed by atoms with Crippen LogP contribution in [0.4, 0.5) is 0 Å². The van der Waals surface area contributed by atoms with Crippen LogP contribution in [-0.2, 0) is 0 Å². The van der Waals surface area contributed by atoms with Gasteiger partial charge >= 0.3 is 0 Å². The maximum Gasteiger partial charge on any atom is 0.212 e. The van der Waals surface area contributed by atoms with E-state index in [1.807, 2.05) is 16.4 Å². The third-order valence-corrected chi connectivity index (χ3v) is 5.03. The van der Waals surface area contributed by atoms with Crippen molar-refractivity contribution in [3.63, 3.8) is 0 Å². The Labute approximate surface area is 104 Å². The van der Waals surface area contributed by atoms with Crippen molar-refractivity contribution in [3.8, 4) is 0 Å². The molecule has 1 saturated heterocycles. The fourth-order valence-electron chi connectivity index (χ4n) is 2.57. The Morgan fingerprint density at radius 2 is 2.24 bits per heavy atom. The monoisotopic (exact) mass is 249 g/mol. The summed E-state index contributed by atoms with van der Waals surface area (Å²) in [5, 5.41) is 18.3. The molecule has 1 aliphatic carbocycles. The number of hydrogen-bond acceptors (Lipinski definition) is 5. The zero-order chi connectivity index (χ0) is 11.2. The molecule has 0 spiro atoms. The van der Waals surface area contributed by atoms with Gasteiger partial charge < -0.3 is 5.32 Å². The normalized spacial score (nSPS) is 28.0. The van der Waals surface area contributed by atoms with Gasteiger partial charge in [0.1, 0.15) is 0 Å². The Balaban J connectivity index is 1.73. The van der Waals surface area contributed by atoms with E-state index in [0.29, 0.717) is 11.2 Å². The minimum atomic E-state index is 0.467. The van der Waals surface area contributed by atoms with Gasteiger partial charge in [0.25, 0.3) is 0 Å². The van der Waals surface area contributed by atoms with Gasteiger partial charge in [-0.3, -0.25) is 0 Å². The molecular weight excluding hydrogens is 234 g/mol. The molecule has 90 valence electrons. The average Bonchev–Trinajstić information content (AvgIpc) is 2.67. The molecule has 1 atom stereocenters. The summed E-state index contributed by atoms with van der Waals surface area (Å²) in [6.07, 6.45) is 4.87. The molecule has 1 saturated carbocycles. The molecule has 1 unspecified atom stereocenters. The molecule has 1 aromatic rings. The van der Waals surface area contributed by atoms with E-state index in [9.17, 15) is 0 Å². The third kappa shape index (κ3) is 1.54. The fraction of sp³-hybridized carbons (Fsp3) is 0.727. The lowest BCUT2D eigenvalue weighted by Gasteiger charge is -2.29. The van der Waals surface area contributed by atoms with E-state index < -0.39 is 0 Å². The standard InChI is InChI=1S/C11H15N5S/c1-2-7(3-1)10-13-14-11-16(10)15-8-4-5-12-6-9(8)17-11/h7,9,12H,1-6H2. The first-order valence-corrected chi connectivity index (χ1v) is 7.20. The maximum absolute atomic E-state index is 4.78. The Hall–Kier alpha value is -0.880. The maximum atomic E-state index is 4.78. The molecule has 6 heteroatoms. The number of fused-ring (bicyclic) bond motifs is 2. The second kappa shape index (κ2) is 3.81. The second-order valence-corrected chi connectivity index (χ2v) is 6.10. The predicted molar refractivity (Wildman–Crippen MR) is 66.6 cm³/mol. The highest BCUT2D eigenvalue weighted by Gasteiger charge is 2.32. The highest BCUT2D eigenvalue weighted by atomic mass is 32.2. The zero-order valence-electron chi connectivity index (χ0n) is 9.59. The van der Waals surface area contributed by atoms with Crippen molar-refractivity contribution in [3.05, 3.63) is 5.82 Å². The van der Waals surface area contributed by atoms with Crippen LogP contribution >= 0.6 is 11.8 Å². The molecule has 2 fully saturated rings. The van der Waals surface area contributed by atoms with Gasteiger partial charge in [-0.25, -0.2) is 0 Å². The van der Waals surface area contributed by atoms with E-state index in [1.54, 1.807) is 0 Å². The van der Waals surface area contributed by atoms with Gasteiger partial charge in [-0.1, -0.05) is 18.2 Å². The summed E-state index contributed by atoms with van der Waals surface area (Å²) < 4.78 is 2.01. The lowest BCUT2D eigenvalue weighted by atomic mass is 9.85. The molecule has 3 aliphatic rings. The quantitative estimate of drug-likeness (QED) is 0.813. The molecule has 2 aliphatic heterocycles. The van der Waals surface area contributed by atoms with Crippen LogP contribution in [-0.4, -0.2) is 38.9 Å². The number of aromatic nitrogens is 3. The molecule has 1 aromatic heterocycles. The summed E-state index contributed by atoms with van der Waals surface area (Å²) in [5.74, 6) is 1.68. The predicted octanol–water partition coefficient (Wildman–Crippen LogP) is 1.22. The molecule has 5 nitrogen and oxygen atoms in total. The summed E-state index contributed by atoms with van der Waals surface area (Å²) in [6.45, 7) is 2.06. The largest absolute Gasteiger partial charge is 0.315 e. The van der Waals surface area contributed by atoms with Crippen molar-refractivity contribution >= 4 is 17.5 Å². The van der Waals surface area contributed by atoms with Gasteiger partial charge in [0.2, 0.25) is 5.16 Å². The van der Waals surface area contributed by atoms with Gasteiger partial charge in [0, 0.05) is 25.4 Å². The summed E-state index contributed by atoms with van der Waals surface area (Å²) >= 11 is 1.81. The van der Waals surface area contributed by atoms with Crippen LogP contribution in [0.1, 0.15) is 37.4 Å². The fourth-order valence-corrected chi connectivity index (χ4v) is 3.65. The smallest absolute Gasteiger partial charge is 0.212 e. The minimum Gasteiger partial charge on any atom is -0.315 e. The van der Waals surface area contributed by atoms with Crippen LogP contribution < -0.4 is 5.32 Å². The van der Waals surface area contributed by atoms with E-state index in [1.165, 1.54) is 25.0 Å². The van der Waals surface area contributed by atoms with Crippen LogP contribution in [0.15, 0.2) is 10.3 Å². The second-order valence-electron chi connectivity index (χ2n) is 4.93. The highest BCUT2D eigenvalue weighted by Crippen LogP contribution is 2.38. The zero-order valence-corrected chi connectivity index (χ0v) is 10.4. The number of thioether (sulfide) groups is 1. The first kappa shape index (κ1) is 10.1. The molecule has 17 heavy (non-hydrogen) atoms. The Bertz CT molecular complexity index is 476. The van der Waals surface area contributed by atoms with E-state index in [4.69, 9.17) is 5.10 Å². The number of hydrogen-bond donors (Lipinski definition) is 1. The number of nitrogens with one attached hydrogen (secondary N) is 1. The van der Waals surface area contributed by atoms with Gasteiger partial charge in [-0.2, -0.15) is 9.78 Å². The molecule has 1 N–H and O–H groups in total. The Morgan fingerprint density at radius 3 is 3.06 bits per heavy atom. The molecule has 0 aromatic carbocycles. The van der Waals surface area contributed by atoms with Crippen LogP contribution in [0, 0.1) is 0 Å². The van der Waals surface area contributed by atoms with Crippen molar-refractivity contribution in [1.29, 1.82) is 0 Å². The van der Waals surface area contributed by atoms with Crippen LogP contribution in [0.3, 0.4) is 0 Å². The SMILES string of the molecule is C1CC(c2nnc3n2N=C2CCNCC2S3)C1. The lowest BCUT2D eigenvalue weighted by molar-refractivity contribution is 0.388. The Morgan fingerprint density at radius 1 is 1.29 bits per heavy atom. The summed E-state index contributed by atoms with van der Waals surface area (Å²) in [6, 6.07) is 0. The number of piperidine rings is 1. The van der Waals surface area contributed by atoms with E-state index in [0.717, 1.165) is 30.5 Å². The number of nitrogens with zero attached hydrogens (tertiary/aromatic N) is 4. The number of rotatable bonds is 1. The van der Waals surface area contributed by atoms with E-state index >= 15 is 0 Å². The van der Waals surface area contributed by atoms with Gasteiger partial charge in [-0.05, 0) is 12.8 Å². The first-order valence-electron chi connectivity index (χ1n) is 6.32. The van der Waals surface area contributed by atoms with E-state index in [-0.39, 0.29) is 0 Å².